The average Bonchev–Trinajstić information content (AvgIpc) is 3.61. The summed E-state index contributed by atoms with van der Waals surface area (Å²) in [4.78, 5) is 16.5. The van der Waals surface area contributed by atoms with Crippen LogP contribution in [0.2, 0.25) is 0 Å². The molecule has 3 atom stereocenters. The van der Waals surface area contributed by atoms with Crippen LogP contribution in [0.5, 0.6) is 0 Å². The quantitative estimate of drug-likeness (QED) is 0.136. The minimum Gasteiger partial charge on any atom is -0.379 e. The van der Waals surface area contributed by atoms with E-state index in [9.17, 15) is 4.79 Å². The van der Waals surface area contributed by atoms with Crippen molar-refractivity contribution in [2.45, 2.75) is 45.1 Å². The second-order valence-corrected chi connectivity index (χ2v) is 12.3. The first kappa shape index (κ1) is 30.6. The minimum absolute atomic E-state index is 0.134. The van der Waals surface area contributed by atoms with Crippen molar-refractivity contribution in [3.8, 4) is 0 Å². The molecule has 3 aromatic carbocycles. The number of carbonyl (C=O) groups is 1. The monoisotopic (exact) mass is 611 g/mol. The molecule has 3 heterocycles. The molecule has 0 saturated carbocycles. The van der Waals surface area contributed by atoms with E-state index in [1.165, 1.54) is 17.6 Å². The number of aryl methyl sites for hydroxylation is 2. The molecule has 1 fully saturated rings. The molecule has 3 unspecified atom stereocenters. The van der Waals surface area contributed by atoms with Crippen LogP contribution < -0.4 is 10.6 Å². The van der Waals surface area contributed by atoms with Crippen molar-refractivity contribution in [1.82, 2.24) is 4.90 Å². The van der Waals surface area contributed by atoms with Crippen LogP contribution in [-0.4, -0.2) is 61.2 Å². The highest BCUT2D eigenvalue weighted by atomic mass is 32.2. The fourth-order valence-corrected chi connectivity index (χ4v) is 7.12. The van der Waals surface area contributed by atoms with Crippen LogP contribution in [0, 0.1) is 13.8 Å². The number of rotatable bonds is 12. The Morgan fingerprint density at radius 1 is 1.02 bits per heavy atom. The fourth-order valence-electron chi connectivity index (χ4n) is 6.37. The molecule has 0 aliphatic carbocycles. The second kappa shape index (κ2) is 13.7. The topological polar surface area (TPSA) is 72.1 Å². The van der Waals surface area contributed by atoms with E-state index in [0.717, 1.165) is 66.5 Å². The summed E-state index contributed by atoms with van der Waals surface area (Å²) in [6.07, 6.45) is 3.72. The summed E-state index contributed by atoms with van der Waals surface area (Å²) >= 11 is 1.37. The maximum Gasteiger partial charge on any atom is 0.254 e. The third-order valence-electron chi connectivity index (χ3n) is 8.63. The average molecular weight is 612 g/mol. The summed E-state index contributed by atoms with van der Waals surface area (Å²) in [7, 11) is 0. The van der Waals surface area contributed by atoms with Crippen molar-refractivity contribution >= 4 is 29.3 Å². The minimum atomic E-state index is -0.871. The van der Waals surface area contributed by atoms with Gasteiger partial charge in [-0.05, 0) is 78.8 Å². The Hall–Kier alpha value is -3.40. The van der Waals surface area contributed by atoms with E-state index in [1.807, 2.05) is 63.2 Å². The second-order valence-electron chi connectivity index (χ2n) is 11.5. The first-order valence-corrected chi connectivity index (χ1v) is 16.3. The lowest BCUT2D eigenvalue weighted by molar-refractivity contribution is -0.113. The summed E-state index contributed by atoms with van der Waals surface area (Å²) in [5, 5.41) is 7.01. The number of hydrogen-bond donors (Lipinski definition) is 2. The zero-order valence-electron chi connectivity index (χ0n) is 25.7. The summed E-state index contributed by atoms with van der Waals surface area (Å²) < 4.78 is 18.2. The van der Waals surface area contributed by atoms with Gasteiger partial charge in [-0.3, -0.25) is 9.69 Å². The Balaban J connectivity index is 1.37. The van der Waals surface area contributed by atoms with Crippen LogP contribution in [-0.2, 0) is 25.0 Å². The highest BCUT2D eigenvalue weighted by Crippen LogP contribution is 2.52. The first-order chi connectivity index (χ1) is 21.5. The number of anilines is 2. The van der Waals surface area contributed by atoms with E-state index < -0.39 is 11.7 Å². The predicted octanol–water partition coefficient (Wildman–Crippen LogP) is 6.62. The zero-order chi connectivity index (χ0) is 30.5. The number of ether oxygens (including phenoxy) is 2. The summed E-state index contributed by atoms with van der Waals surface area (Å²) in [5.41, 5.74) is 6.94. The van der Waals surface area contributed by atoms with Gasteiger partial charge in [-0.2, -0.15) is 0 Å². The lowest BCUT2D eigenvalue weighted by Crippen LogP contribution is -2.40. The molecule has 44 heavy (non-hydrogen) atoms. The number of hydrogen-bond acceptors (Lipinski definition) is 7. The Morgan fingerprint density at radius 3 is 2.45 bits per heavy atom. The van der Waals surface area contributed by atoms with E-state index in [4.69, 9.17) is 13.7 Å². The molecule has 3 aliphatic heterocycles. The molecule has 0 aromatic heterocycles. The van der Waals surface area contributed by atoms with Crippen LogP contribution >= 0.6 is 12.0 Å². The molecule has 1 saturated heterocycles. The largest absolute Gasteiger partial charge is 0.379 e. The molecule has 2 N–H and O–H groups in total. The van der Waals surface area contributed by atoms with Gasteiger partial charge in [0.05, 0.1) is 31.4 Å². The van der Waals surface area contributed by atoms with Gasteiger partial charge in [0, 0.05) is 36.8 Å². The molecule has 0 spiro atoms. The molecule has 3 aliphatic rings. The van der Waals surface area contributed by atoms with E-state index in [-0.39, 0.29) is 11.9 Å². The molecule has 0 radical (unpaired) electrons. The number of amides is 1. The lowest BCUT2D eigenvalue weighted by Gasteiger charge is -2.37. The standard InChI is InChI=1S/C36H41N3O4S/c1-4-42-44-24-30-32(35(40)38-33-25(2)9-8-10-26(33)3)31-17-18-36(30,43-31)34(37-29-11-6-5-7-12-29)28-15-13-27(14-16-28)23-39-19-21-41-22-20-39/h5-18,31,34,37H,4,19-24H2,1-3H3,(H,38,40). The molecule has 1 amide bonds. The molecular formula is C36H41N3O4S. The SMILES string of the molecule is CCOSCC1=C(C(=O)Nc2c(C)cccc2C)C2C=CC1(C(Nc1ccccc1)c1ccc(CN3CCOCC3)cc1)O2. The predicted molar refractivity (Wildman–Crippen MR) is 178 cm³/mol. The maximum atomic E-state index is 14.1. The molecule has 3 aromatic rings. The summed E-state index contributed by atoms with van der Waals surface area (Å²) in [5.74, 6) is 0.372. The van der Waals surface area contributed by atoms with Crippen molar-refractivity contribution in [3.63, 3.8) is 0 Å². The number of para-hydroxylation sites is 2. The zero-order valence-corrected chi connectivity index (χ0v) is 26.5. The van der Waals surface area contributed by atoms with Gasteiger partial charge in [0.15, 0.2) is 0 Å². The normalized spacial score (nSPS) is 21.9. The summed E-state index contributed by atoms with van der Waals surface area (Å²) in [6.45, 7) is 10.9. The van der Waals surface area contributed by atoms with Crippen molar-refractivity contribution in [2.75, 3.05) is 49.3 Å². The molecule has 6 rings (SSSR count). The molecule has 2 bridgehead atoms. The molecule has 8 heteroatoms. The molecule has 230 valence electrons. The lowest BCUT2D eigenvalue weighted by atomic mass is 9.79. The van der Waals surface area contributed by atoms with Crippen molar-refractivity contribution < 1.29 is 18.5 Å². The Bertz CT molecular complexity index is 1500. The van der Waals surface area contributed by atoms with Gasteiger partial charge in [-0.25, -0.2) is 0 Å². The number of nitrogens with zero attached hydrogens (tertiary/aromatic N) is 1. The van der Waals surface area contributed by atoms with E-state index >= 15 is 0 Å². The highest BCUT2D eigenvalue weighted by Gasteiger charge is 2.55. The van der Waals surface area contributed by atoms with Gasteiger partial charge in [0.1, 0.15) is 11.7 Å². The number of nitrogens with one attached hydrogen (secondary N) is 2. The summed E-state index contributed by atoms with van der Waals surface area (Å²) in [6, 6.07) is 24.7. The highest BCUT2D eigenvalue weighted by molar-refractivity contribution is 7.94. The smallest absolute Gasteiger partial charge is 0.254 e. The maximum absolute atomic E-state index is 14.1. The van der Waals surface area contributed by atoms with Crippen molar-refractivity contribution in [2.24, 2.45) is 0 Å². The van der Waals surface area contributed by atoms with Gasteiger partial charge in [-0.15, -0.1) is 0 Å². The third-order valence-corrected chi connectivity index (χ3v) is 9.44. The third kappa shape index (κ3) is 6.36. The van der Waals surface area contributed by atoms with Gasteiger partial charge in [-0.1, -0.05) is 66.7 Å². The Morgan fingerprint density at radius 2 is 1.75 bits per heavy atom. The molecular weight excluding hydrogens is 570 g/mol. The van der Waals surface area contributed by atoms with Gasteiger partial charge in [0.2, 0.25) is 0 Å². The first-order valence-electron chi connectivity index (χ1n) is 15.4. The number of morpholine rings is 1. The number of carbonyl (C=O) groups excluding carboxylic acids is 1. The molecule has 7 nitrogen and oxygen atoms in total. The van der Waals surface area contributed by atoms with Gasteiger partial charge < -0.3 is 24.3 Å². The Kier molecular flexibility index (Phi) is 9.54. The van der Waals surface area contributed by atoms with Crippen LogP contribution in [0.15, 0.2) is 96.1 Å². The number of fused-ring (bicyclic) bond motifs is 2. The number of benzene rings is 3. The van der Waals surface area contributed by atoms with Crippen LogP contribution in [0.25, 0.3) is 0 Å². The van der Waals surface area contributed by atoms with Crippen molar-refractivity contribution in [3.05, 3.63) is 118 Å². The van der Waals surface area contributed by atoms with Crippen LogP contribution in [0.4, 0.5) is 11.4 Å². The van der Waals surface area contributed by atoms with E-state index in [0.29, 0.717) is 17.9 Å². The van der Waals surface area contributed by atoms with Crippen LogP contribution in [0.3, 0.4) is 0 Å². The van der Waals surface area contributed by atoms with Gasteiger partial charge >= 0.3 is 0 Å². The van der Waals surface area contributed by atoms with Crippen LogP contribution in [0.1, 0.15) is 35.2 Å². The van der Waals surface area contributed by atoms with Gasteiger partial charge in [0.25, 0.3) is 5.91 Å². The van der Waals surface area contributed by atoms with Crippen molar-refractivity contribution in [1.29, 1.82) is 0 Å². The Labute approximate surface area is 264 Å². The van der Waals surface area contributed by atoms with E-state index in [2.05, 4.69) is 58.0 Å². The van der Waals surface area contributed by atoms with E-state index in [1.54, 1.807) is 0 Å². The fraction of sp³-hybridized carbons (Fsp3) is 0.361.